The lowest BCUT2D eigenvalue weighted by molar-refractivity contribution is 0.0443. The molecule has 0 spiro atoms. The maximum Gasteiger partial charge on any atom is 0.506 e. The maximum absolute atomic E-state index is 5.51. The molecule has 0 radical (unpaired) electrons. The zero-order valence-electron chi connectivity index (χ0n) is 9.22. The molecule has 0 bridgehead atoms. The van der Waals surface area contributed by atoms with Gasteiger partial charge < -0.3 is 13.3 Å². The van der Waals surface area contributed by atoms with Gasteiger partial charge in [0.15, 0.2) is 0 Å². The Morgan fingerprint density at radius 1 is 1.15 bits per heavy atom. The second kappa shape index (κ2) is 3.69. The highest BCUT2D eigenvalue weighted by atomic mass is 28.4. The van der Waals surface area contributed by atoms with Gasteiger partial charge in [-0.15, -0.1) is 0 Å². The van der Waals surface area contributed by atoms with E-state index < -0.39 is 8.80 Å². The summed E-state index contributed by atoms with van der Waals surface area (Å²) in [5.41, 5.74) is 0. The van der Waals surface area contributed by atoms with Crippen molar-refractivity contribution in [2.45, 2.75) is 31.7 Å². The molecule has 0 aromatic heterocycles. The molecule has 1 fully saturated rings. The maximum atomic E-state index is 5.51. The van der Waals surface area contributed by atoms with E-state index in [1.54, 1.807) is 21.3 Å². The Labute approximate surface area is 81.7 Å². The summed E-state index contributed by atoms with van der Waals surface area (Å²) in [5, 5.41) is 0.116. The van der Waals surface area contributed by atoms with Crippen LogP contribution < -0.4 is 0 Å². The molecule has 1 aliphatic rings. The van der Waals surface area contributed by atoms with E-state index in [4.69, 9.17) is 13.3 Å². The van der Waals surface area contributed by atoms with E-state index in [1.807, 2.05) is 0 Å². The van der Waals surface area contributed by atoms with Crippen LogP contribution in [0.25, 0.3) is 0 Å². The topological polar surface area (TPSA) is 27.7 Å². The standard InChI is InChI=1S/C9H20O3Si/c1-8-6-7-9(8,2)13(10-3,11-4)12-5/h8H,6-7H2,1-5H3. The van der Waals surface area contributed by atoms with Gasteiger partial charge in [-0.1, -0.05) is 13.8 Å². The summed E-state index contributed by atoms with van der Waals surface area (Å²) in [5.74, 6) is 0.638. The summed E-state index contributed by atoms with van der Waals surface area (Å²) < 4.78 is 16.5. The third-order valence-corrected chi connectivity index (χ3v) is 7.44. The van der Waals surface area contributed by atoms with E-state index in [1.165, 1.54) is 6.42 Å². The Morgan fingerprint density at radius 3 is 1.69 bits per heavy atom. The van der Waals surface area contributed by atoms with Gasteiger partial charge in [-0.2, -0.15) is 0 Å². The van der Waals surface area contributed by atoms with Crippen LogP contribution in [0.5, 0.6) is 0 Å². The summed E-state index contributed by atoms with van der Waals surface area (Å²) >= 11 is 0. The SMILES string of the molecule is CO[Si](OC)(OC)C1(C)CCC1C. The Hall–Kier alpha value is 0.0969. The lowest BCUT2D eigenvalue weighted by atomic mass is 9.75. The van der Waals surface area contributed by atoms with Gasteiger partial charge in [0, 0.05) is 26.4 Å². The molecular weight excluding hydrogens is 184 g/mol. The smallest absolute Gasteiger partial charge is 0.377 e. The van der Waals surface area contributed by atoms with Crippen molar-refractivity contribution >= 4 is 8.80 Å². The highest BCUT2D eigenvalue weighted by molar-refractivity contribution is 6.64. The summed E-state index contributed by atoms with van der Waals surface area (Å²) in [6.07, 6.45) is 2.40. The molecule has 0 aromatic carbocycles. The molecule has 2 unspecified atom stereocenters. The van der Waals surface area contributed by atoms with E-state index in [0.717, 1.165) is 6.42 Å². The second-order valence-corrected chi connectivity index (χ2v) is 7.51. The van der Waals surface area contributed by atoms with Crippen LogP contribution in [0, 0.1) is 5.92 Å². The van der Waals surface area contributed by atoms with Crippen LogP contribution in [0.1, 0.15) is 26.7 Å². The van der Waals surface area contributed by atoms with E-state index >= 15 is 0 Å². The minimum Gasteiger partial charge on any atom is -0.377 e. The molecule has 1 saturated carbocycles. The first-order valence-corrected chi connectivity index (χ1v) is 6.44. The first kappa shape index (κ1) is 11.2. The van der Waals surface area contributed by atoms with Gasteiger partial charge in [0.05, 0.1) is 0 Å². The number of rotatable bonds is 4. The van der Waals surface area contributed by atoms with E-state index in [-0.39, 0.29) is 5.04 Å². The molecule has 0 N–H and O–H groups in total. The van der Waals surface area contributed by atoms with Crippen LogP contribution in [0.2, 0.25) is 5.04 Å². The van der Waals surface area contributed by atoms with E-state index in [2.05, 4.69) is 13.8 Å². The van der Waals surface area contributed by atoms with Crippen molar-refractivity contribution in [1.82, 2.24) is 0 Å². The van der Waals surface area contributed by atoms with E-state index in [9.17, 15) is 0 Å². The average Bonchev–Trinajstić information content (AvgIpc) is 2.18. The number of hydrogen-bond donors (Lipinski definition) is 0. The normalized spacial score (nSPS) is 34.4. The third-order valence-electron chi connectivity index (χ3n) is 3.69. The van der Waals surface area contributed by atoms with Gasteiger partial charge in [0.2, 0.25) is 0 Å². The van der Waals surface area contributed by atoms with Crippen LogP contribution in [-0.2, 0) is 13.3 Å². The van der Waals surface area contributed by atoms with Gasteiger partial charge in [-0.3, -0.25) is 0 Å². The molecule has 3 nitrogen and oxygen atoms in total. The van der Waals surface area contributed by atoms with Crippen molar-refractivity contribution in [2.24, 2.45) is 5.92 Å². The highest BCUT2D eigenvalue weighted by Gasteiger charge is 2.63. The molecule has 13 heavy (non-hydrogen) atoms. The third kappa shape index (κ3) is 1.36. The van der Waals surface area contributed by atoms with Crippen molar-refractivity contribution in [3.8, 4) is 0 Å². The average molecular weight is 204 g/mol. The first-order valence-electron chi connectivity index (χ1n) is 4.71. The van der Waals surface area contributed by atoms with Gasteiger partial charge in [0.25, 0.3) is 0 Å². The van der Waals surface area contributed by atoms with Crippen LogP contribution in [0.15, 0.2) is 0 Å². The Kier molecular flexibility index (Phi) is 3.17. The molecular formula is C9H20O3Si. The molecule has 0 amide bonds. The predicted molar refractivity (Wildman–Crippen MR) is 53.5 cm³/mol. The Bertz CT molecular complexity index is 173. The van der Waals surface area contributed by atoms with Gasteiger partial charge in [0.1, 0.15) is 0 Å². The predicted octanol–water partition coefficient (Wildman–Crippen LogP) is 2.05. The molecule has 78 valence electrons. The largest absolute Gasteiger partial charge is 0.506 e. The summed E-state index contributed by atoms with van der Waals surface area (Å²) in [7, 11) is 2.65. The van der Waals surface area contributed by atoms with Crippen molar-refractivity contribution in [3.63, 3.8) is 0 Å². The lowest BCUT2D eigenvalue weighted by Gasteiger charge is -2.51. The van der Waals surface area contributed by atoms with Gasteiger partial charge >= 0.3 is 8.80 Å². The van der Waals surface area contributed by atoms with Gasteiger partial charge in [-0.25, -0.2) is 0 Å². The fraction of sp³-hybridized carbons (Fsp3) is 1.00. The monoisotopic (exact) mass is 204 g/mol. The molecule has 0 heterocycles. The fourth-order valence-electron chi connectivity index (χ4n) is 2.27. The fourth-order valence-corrected chi connectivity index (χ4v) is 5.37. The zero-order valence-corrected chi connectivity index (χ0v) is 10.2. The molecule has 0 saturated heterocycles. The quantitative estimate of drug-likeness (QED) is 0.656. The molecule has 1 rings (SSSR count). The highest BCUT2D eigenvalue weighted by Crippen LogP contribution is 2.59. The zero-order chi connectivity index (χ0) is 10.1. The summed E-state index contributed by atoms with van der Waals surface area (Å²) in [6.45, 7) is 4.45. The van der Waals surface area contributed by atoms with Crippen LogP contribution in [0.3, 0.4) is 0 Å². The lowest BCUT2D eigenvalue weighted by Crippen LogP contribution is -2.59. The minimum absolute atomic E-state index is 0.116. The Balaban J connectivity index is 2.85. The van der Waals surface area contributed by atoms with Gasteiger partial charge in [-0.05, 0) is 18.8 Å². The minimum atomic E-state index is -2.42. The second-order valence-electron chi connectivity index (χ2n) is 4.03. The first-order chi connectivity index (χ1) is 6.06. The van der Waals surface area contributed by atoms with Crippen molar-refractivity contribution in [3.05, 3.63) is 0 Å². The molecule has 0 aliphatic heterocycles. The van der Waals surface area contributed by atoms with Crippen molar-refractivity contribution < 1.29 is 13.3 Å². The Morgan fingerprint density at radius 2 is 1.62 bits per heavy atom. The van der Waals surface area contributed by atoms with E-state index in [0.29, 0.717) is 5.92 Å². The van der Waals surface area contributed by atoms with Crippen LogP contribution in [0.4, 0.5) is 0 Å². The van der Waals surface area contributed by atoms with Crippen LogP contribution in [-0.4, -0.2) is 30.1 Å². The summed E-state index contributed by atoms with van der Waals surface area (Å²) in [6, 6.07) is 0. The summed E-state index contributed by atoms with van der Waals surface area (Å²) in [4.78, 5) is 0. The van der Waals surface area contributed by atoms with Crippen LogP contribution >= 0.6 is 0 Å². The molecule has 4 heteroatoms. The van der Waals surface area contributed by atoms with Crippen molar-refractivity contribution in [2.75, 3.05) is 21.3 Å². The molecule has 2 atom stereocenters. The van der Waals surface area contributed by atoms with Crippen molar-refractivity contribution in [1.29, 1.82) is 0 Å². The number of hydrogen-bond acceptors (Lipinski definition) is 3. The molecule has 1 aliphatic carbocycles. The molecule has 0 aromatic rings.